The molecular formula is C17H18F3N5O2. The summed E-state index contributed by atoms with van der Waals surface area (Å²) in [7, 11) is 1.32. The van der Waals surface area contributed by atoms with Crippen LogP contribution in [-0.2, 0) is 24.0 Å². The molecule has 3 aromatic rings. The molecular weight excluding hydrogens is 363 g/mol. The van der Waals surface area contributed by atoms with E-state index in [0.29, 0.717) is 11.3 Å². The van der Waals surface area contributed by atoms with Crippen LogP contribution in [0.1, 0.15) is 23.5 Å². The van der Waals surface area contributed by atoms with Crippen LogP contribution in [0.5, 0.6) is 0 Å². The smallest absolute Gasteiger partial charge is 0.374 e. The quantitative estimate of drug-likeness (QED) is 0.706. The van der Waals surface area contributed by atoms with E-state index in [4.69, 9.17) is 0 Å². The molecule has 0 radical (unpaired) electrons. The number of hydrogen-bond donors (Lipinski definition) is 2. The maximum absolute atomic E-state index is 13.4. The Bertz CT molecular complexity index is 979. The van der Waals surface area contributed by atoms with Gasteiger partial charge in [0, 0.05) is 31.8 Å². The number of nitrogens with one attached hydrogen (secondary N) is 1. The number of pyridine rings is 1. The number of fused-ring (bicyclic) bond motifs is 1. The number of carbonyl (C=O) groups is 1. The molecule has 1 amide bonds. The van der Waals surface area contributed by atoms with Crippen LogP contribution in [0.2, 0.25) is 0 Å². The van der Waals surface area contributed by atoms with Crippen molar-refractivity contribution in [2.75, 3.05) is 0 Å². The summed E-state index contributed by atoms with van der Waals surface area (Å²) in [4.78, 5) is 20.0. The number of imidazole rings is 2. The molecule has 0 aromatic carbocycles. The topological polar surface area (TPSA) is 84.5 Å². The Hall–Kier alpha value is -2.88. The number of aromatic nitrogens is 4. The van der Waals surface area contributed by atoms with Crippen molar-refractivity contribution < 1.29 is 23.1 Å². The molecule has 0 spiro atoms. The van der Waals surface area contributed by atoms with Gasteiger partial charge in [-0.05, 0) is 24.6 Å². The molecule has 2 N–H and O–H groups in total. The number of aliphatic hydroxyl groups is 1. The third-order valence-corrected chi connectivity index (χ3v) is 4.21. The summed E-state index contributed by atoms with van der Waals surface area (Å²) in [6.45, 7) is 1.85. The van der Waals surface area contributed by atoms with Gasteiger partial charge >= 0.3 is 6.18 Å². The first-order valence-corrected chi connectivity index (χ1v) is 8.08. The zero-order chi connectivity index (χ0) is 19.8. The Labute approximate surface area is 152 Å². The van der Waals surface area contributed by atoms with Gasteiger partial charge in [0.1, 0.15) is 5.65 Å². The van der Waals surface area contributed by atoms with Crippen molar-refractivity contribution in [1.82, 2.24) is 24.3 Å². The summed E-state index contributed by atoms with van der Waals surface area (Å²) in [5, 5.41) is 12.6. The summed E-state index contributed by atoms with van der Waals surface area (Å²) in [6.07, 6.45) is -0.403. The average Bonchev–Trinajstić information content (AvgIpc) is 3.17. The standard InChI is InChI=1S/C17H18F3N5O2/c1-11-3-5-25-10-12(23-13(25)7-11)9-22-14(26)8-16(27,17(18,19)20)15-21-4-6-24(15)2/h3-7,10,27H,8-9H2,1-2H3,(H,22,26). The maximum Gasteiger partial charge on any atom is 0.425 e. The van der Waals surface area contributed by atoms with E-state index in [1.807, 2.05) is 19.1 Å². The Morgan fingerprint density at radius 3 is 2.70 bits per heavy atom. The highest BCUT2D eigenvalue weighted by molar-refractivity contribution is 5.77. The molecule has 3 heterocycles. The van der Waals surface area contributed by atoms with Crippen LogP contribution in [0, 0.1) is 6.92 Å². The van der Waals surface area contributed by atoms with Gasteiger partial charge in [-0.25, -0.2) is 9.97 Å². The molecule has 10 heteroatoms. The number of halogens is 3. The van der Waals surface area contributed by atoms with E-state index >= 15 is 0 Å². The Kier molecular flexibility index (Phi) is 4.68. The van der Waals surface area contributed by atoms with E-state index in [-0.39, 0.29) is 6.54 Å². The molecule has 1 atom stereocenters. The Morgan fingerprint density at radius 2 is 2.07 bits per heavy atom. The Balaban J connectivity index is 1.73. The van der Waals surface area contributed by atoms with Crippen molar-refractivity contribution in [2.24, 2.45) is 7.05 Å². The molecule has 0 aliphatic rings. The van der Waals surface area contributed by atoms with Gasteiger partial charge in [-0.1, -0.05) is 0 Å². The highest BCUT2D eigenvalue weighted by Gasteiger charge is 2.58. The van der Waals surface area contributed by atoms with E-state index in [0.717, 1.165) is 16.3 Å². The molecule has 3 aromatic heterocycles. The van der Waals surface area contributed by atoms with Crippen molar-refractivity contribution >= 4 is 11.6 Å². The third kappa shape index (κ3) is 3.65. The lowest BCUT2D eigenvalue weighted by Gasteiger charge is -2.29. The van der Waals surface area contributed by atoms with E-state index < -0.39 is 29.9 Å². The van der Waals surface area contributed by atoms with Gasteiger partial charge in [-0.3, -0.25) is 4.79 Å². The van der Waals surface area contributed by atoms with E-state index in [1.165, 1.54) is 13.2 Å². The largest absolute Gasteiger partial charge is 0.425 e. The van der Waals surface area contributed by atoms with Gasteiger partial charge in [0.25, 0.3) is 0 Å². The van der Waals surface area contributed by atoms with Crippen molar-refractivity contribution in [2.45, 2.75) is 31.7 Å². The summed E-state index contributed by atoms with van der Waals surface area (Å²) in [5.74, 6) is -1.61. The molecule has 27 heavy (non-hydrogen) atoms. The second-order valence-electron chi connectivity index (χ2n) is 6.38. The van der Waals surface area contributed by atoms with Gasteiger partial charge in [-0.2, -0.15) is 13.2 Å². The van der Waals surface area contributed by atoms with Crippen LogP contribution in [0.3, 0.4) is 0 Å². The minimum atomic E-state index is -5.07. The predicted octanol–water partition coefficient (Wildman–Crippen LogP) is 1.83. The highest BCUT2D eigenvalue weighted by atomic mass is 19.4. The van der Waals surface area contributed by atoms with E-state index in [1.54, 1.807) is 16.8 Å². The molecule has 7 nitrogen and oxygen atoms in total. The molecule has 3 rings (SSSR count). The van der Waals surface area contributed by atoms with Crippen molar-refractivity contribution in [3.8, 4) is 0 Å². The minimum Gasteiger partial charge on any atom is -0.374 e. The van der Waals surface area contributed by atoms with Crippen molar-refractivity contribution in [3.05, 3.63) is 54.0 Å². The fourth-order valence-corrected chi connectivity index (χ4v) is 2.78. The lowest BCUT2D eigenvalue weighted by molar-refractivity contribution is -0.271. The molecule has 0 aliphatic carbocycles. The number of hydrogen-bond acceptors (Lipinski definition) is 4. The number of amides is 1. The predicted molar refractivity (Wildman–Crippen MR) is 89.6 cm³/mol. The van der Waals surface area contributed by atoms with Crippen LogP contribution in [0.4, 0.5) is 13.2 Å². The fraction of sp³-hybridized carbons (Fsp3) is 0.353. The first kappa shape index (κ1) is 18.9. The molecule has 0 aliphatic heterocycles. The van der Waals surface area contributed by atoms with Crippen LogP contribution < -0.4 is 5.32 Å². The highest BCUT2D eigenvalue weighted by Crippen LogP contribution is 2.40. The van der Waals surface area contributed by atoms with Gasteiger partial charge in [-0.15, -0.1) is 0 Å². The average molecular weight is 381 g/mol. The molecule has 0 fully saturated rings. The van der Waals surface area contributed by atoms with Crippen LogP contribution in [-0.4, -0.2) is 36.1 Å². The first-order valence-electron chi connectivity index (χ1n) is 8.08. The minimum absolute atomic E-state index is 0.0614. The number of carbonyl (C=O) groups excluding carboxylic acids is 1. The molecule has 1 unspecified atom stereocenters. The monoisotopic (exact) mass is 381 g/mol. The molecule has 0 bridgehead atoms. The lowest BCUT2D eigenvalue weighted by atomic mass is 9.97. The summed E-state index contributed by atoms with van der Waals surface area (Å²) < 4.78 is 43.1. The fourth-order valence-electron chi connectivity index (χ4n) is 2.78. The van der Waals surface area contributed by atoms with Gasteiger partial charge < -0.3 is 19.4 Å². The Morgan fingerprint density at radius 1 is 1.33 bits per heavy atom. The second-order valence-corrected chi connectivity index (χ2v) is 6.38. The van der Waals surface area contributed by atoms with Crippen LogP contribution in [0.15, 0.2) is 36.9 Å². The molecule has 144 valence electrons. The number of aryl methyl sites for hydroxylation is 2. The SMILES string of the molecule is Cc1ccn2cc(CNC(=O)CC(O)(c3nccn3C)C(F)(F)F)nc2c1. The number of alkyl halides is 3. The van der Waals surface area contributed by atoms with Crippen molar-refractivity contribution in [1.29, 1.82) is 0 Å². The van der Waals surface area contributed by atoms with Gasteiger partial charge in [0.05, 0.1) is 18.7 Å². The van der Waals surface area contributed by atoms with E-state index in [9.17, 15) is 23.1 Å². The second kappa shape index (κ2) is 6.69. The normalized spacial score (nSPS) is 14.3. The molecule has 0 saturated carbocycles. The van der Waals surface area contributed by atoms with Crippen LogP contribution in [0.25, 0.3) is 5.65 Å². The lowest BCUT2D eigenvalue weighted by Crippen LogP contribution is -2.47. The number of nitrogens with zero attached hydrogens (tertiary/aromatic N) is 4. The molecule has 0 saturated heterocycles. The van der Waals surface area contributed by atoms with E-state index in [2.05, 4.69) is 15.3 Å². The zero-order valence-corrected chi connectivity index (χ0v) is 14.7. The summed E-state index contributed by atoms with van der Waals surface area (Å²) >= 11 is 0. The first-order chi connectivity index (χ1) is 12.6. The van der Waals surface area contributed by atoms with Gasteiger partial charge in [0.2, 0.25) is 11.5 Å². The zero-order valence-electron chi connectivity index (χ0n) is 14.7. The maximum atomic E-state index is 13.4. The van der Waals surface area contributed by atoms with Crippen LogP contribution >= 0.6 is 0 Å². The summed E-state index contributed by atoms with van der Waals surface area (Å²) in [5.41, 5.74) is -1.22. The summed E-state index contributed by atoms with van der Waals surface area (Å²) in [6, 6.07) is 3.72. The number of rotatable bonds is 5. The van der Waals surface area contributed by atoms with Gasteiger partial charge in [0.15, 0.2) is 5.82 Å². The third-order valence-electron chi connectivity index (χ3n) is 4.21. The van der Waals surface area contributed by atoms with Crippen molar-refractivity contribution in [3.63, 3.8) is 0 Å².